The summed E-state index contributed by atoms with van der Waals surface area (Å²) in [6.07, 6.45) is 0. The normalized spacial score (nSPS) is 10.8. The molecule has 2 aromatic rings. The van der Waals surface area contributed by atoms with E-state index in [9.17, 15) is 4.39 Å². The first-order valence-corrected chi connectivity index (χ1v) is 6.58. The van der Waals surface area contributed by atoms with Crippen LogP contribution in [-0.2, 0) is 6.54 Å². The molecule has 0 aliphatic carbocycles. The SMILES string of the molecule is CCNCc1cc(F)ccc1-c1ccc(C)s1. The third-order valence-electron chi connectivity index (χ3n) is 2.64. The molecule has 0 fully saturated rings. The summed E-state index contributed by atoms with van der Waals surface area (Å²) in [5, 5.41) is 3.25. The lowest BCUT2D eigenvalue weighted by atomic mass is 10.1. The van der Waals surface area contributed by atoms with Crippen LogP contribution < -0.4 is 5.32 Å². The Morgan fingerprint density at radius 1 is 1.24 bits per heavy atom. The summed E-state index contributed by atoms with van der Waals surface area (Å²) < 4.78 is 13.3. The third kappa shape index (κ3) is 2.93. The summed E-state index contributed by atoms with van der Waals surface area (Å²) in [5.41, 5.74) is 2.15. The molecule has 0 aliphatic heterocycles. The Bertz CT molecular complexity index is 505. The van der Waals surface area contributed by atoms with Crippen molar-refractivity contribution in [1.82, 2.24) is 5.32 Å². The second-order valence-electron chi connectivity index (χ2n) is 3.99. The van der Waals surface area contributed by atoms with Crippen LogP contribution in [0.4, 0.5) is 4.39 Å². The molecule has 1 heterocycles. The predicted octanol–water partition coefficient (Wildman–Crippen LogP) is 3.97. The van der Waals surface area contributed by atoms with Crippen molar-refractivity contribution in [2.45, 2.75) is 20.4 Å². The molecule has 1 nitrogen and oxygen atoms in total. The summed E-state index contributed by atoms with van der Waals surface area (Å²) >= 11 is 1.74. The Hall–Kier alpha value is -1.19. The van der Waals surface area contributed by atoms with Gasteiger partial charge in [-0.15, -0.1) is 11.3 Å². The van der Waals surface area contributed by atoms with Crippen molar-refractivity contribution in [3.63, 3.8) is 0 Å². The van der Waals surface area contributed by atoms with Crippen LogP contribution in [0.25, 0.3) is 10.4 Å². The smallest absolute Gasteiger partial charge is 0.123 e. The molecule has 0 saturated carbocycles. The van der Waals surface area contributed by atoms with E-state index >= 15 is 0 Å². The fraction of sp³-hybridized carbons (Fsp3) is 0.286. The number of nitrogens with one attached hydrogen (secondary N) is 1. The van der Waals surface area contributed by atoms with E-state index in [-0.39, 0.29) is 5.82 Å². The first-order valence-electron chi connectivity index (χ1n) is 5.76. The van der Waals surface area contributed by atoms with Crippen molar-refractivity contribution < 1.29 is 4.39 Å². The lowest BCUT2D eigenvalue weighted by Gasteiger charge is -2.08. The zero-order valence-corrected chi connectivity index (χ0v) is 10.9. The van der Waals surface area contributed by atoms with Gasteiger partial charge in [0.15, 0.2) is 0 Å². The Morgan fingerprint density at radius 3 is 2.71 bits per heavy atom. The standard InChI is InChI=1S/C14H16FNS/c1-3-16-9-11-8-12(15)5-6-13(11)14-7-4-10(2)17-14/h4-8,16H,3,9H2,1-2H3. The highest BCUT2D eigenvalue weighted by Gasteiger charge is 2.08. The van der Waals surface area contributed by atoms with Gasteiger partial charge >= 0.3 is 0 Å². The van der Waals surface area contributed by atoms with Crippen LogP contribution in [0.5, 0.6) is 0 Å². The highest BCUT2D eigenvalue weighted by atomic mass is 32.1. The van der Waals surface area contributed by atoms with Crippen LogP contribution in [0.1, 0.15) is 17.4 Å². The first-order chi connectivity index (χ1) is 8.20. The average Bonchev–Trinajstić information content (AvgIpc) is 2.73. The van der Waals surface area contributed by atoms with Gasteiger partial charge in [-0.25, -0.2) is 4.39 Å². The van der Waals surface area contributed by atoms with Crippen LogP contribution in [0.2, 0.25) is 0 Å². The molecule has 1 aromatic carbocycles. The summed E-state index contributed by atoms with van der Waals surface area (Å²) in [6.45, 7) is 5.73. The number of thiophene rings is 1. The maximum atomic E-state index is 13.3. The molecule has 17 heavy (non-hydrogen) atoms. The summed E-state index contributed by atoms with van der Waals surface area (Å²) in [5.74, 6) is -0.171. The largest absolute Gasteiger partial charge is 0.313 e. The van der Waals surface area contributed by atoms with Gasteiger partial charge in [-0.1, -0.05) is 13.0 Å². The van der Waals surface area contributed by atoms with Gasteiger partial charge in [0.2, 0.25) is 0 Å². The third-order valence-corrected chi connectivity index (χ3v) is 3.67. The number of rotatable bonds is 4. The quantitative estimate of drug-likeness (QED) is 0.864. The minimum Gasteiger partial charge on any atom is -0.313 e. The fourth-order valence-corrected chi connectivity index (χ4v) is 2.72. The van der Waals surface area contributed by atoms with Crippen LogP contribution in [0, 0.1) is 12.7 Å². The molecule has 0 aliphatic rings. The van der Waals surface area contributed by atoms with Crippen LogP contribution in [-0.4, -0.2) is 6.54 Å². The first kappa shape index (κ1) is 12.3. The molecule has 1 aromatic heterocycles. The van der Waals surface area contributed by atoms with Gasteiger partial charge < -0.3 is 5.32 Å². The van der Waals surface area contributed by atoms with Crippen molar-refractivity contribution in [2.75, 3.05) is 6.54 Å². The van der Waals surface area contributed by atoms with Gasteiger partial charge in [0, 0.05) is 16.3 Å². The van der Waals surface area contributed by atoms with Gasteiger partial charge in [-0.05, 0) is 48.9 Å². The van der Waals surface area contributed by atoms with Gasteiger partial charge in [0.1, 0.15) is 5.82 Å². The fourth-order valence-electron chi connectivity index (χ4n) is 1.79. The summed E-state index contributed by atoms with van der Waals surface area (Å²) in [4.78, 5) is 2.48. The maximum Gasteiger partial charge on any atom is 0.123 e. The van der Waals surface area contributed by atoms with E-state index in [2.05, 4.69) is 24.4 Å². The summed E-state index contributed by atoms with van der Waals surface area (Å²) in [7, 11) is 0. The number of aryl methyl sites for hydroxylation is 1. The van der Waals surface area contributed by atoms with Crippen LogP contribution >= 0.6 is 11.3 Å². The van der Waals surface area contributed by atoms with Gasteiger partial charge in [-0.2, -0.15) is 0 Å². The van der Waals surface area contributed by atoms with Crippen molar-refractivity contribution in [1.29, 1.82) is 0 Å². The number of benzene rings is 1. The number of halogens is 1. The second-order valence-corrected chi connectivity index (χ2v) is 5.28. The highest BCUT2D eigenvalue weighted by Crippen LogP contribution is 2.30. The molecule has 3 heteroatoms. The van der Waals surface area contributed by atoms with E-state index in [0.29, 0.717) is 6.54 Å². The minimum atomic E-state index is -0.171. The van der Waals surface area contributed by atoms with Crippen molar-refractivity contribution in [2.24, 2.45) is 0 Å². The molecule has 2 rings (SSSR count). The van der Waals surface area contributed by atoms with Gasteiger partial charge in [-0.3, -0.25) is 0 Å². The molecule has 0 radical (unpaired) electrons. The zero-order valence-electron chi connectivity index (χ0n) is 10.1. The Kier molecular flexibility index (Phi) is 3.92. The molecule has 1 N–H and O–H groups in total. The zero-order chi connectivity index (χ0) is 12.3. The van der Waals surface area contributed by atoms with Gasteiger partial charge in [0.05, 0.1) is 0 Å². The lowest BCUT2D eigenvalue weighted by molar-refractivity contribution is 0.622. The number of hydrogen-bond acceptors (Lipinski definition) is 2. The predicted molar refractivity (Wildman–Crippen MR) is 71.8 cm³/mol. The molecule has 0 saturated heterocycles. The van der Waals surface area contributed by atoms with Crippen LogP contribution in [0.3, 0.4) is 0 Å². The van der Waals surface area contributed by atoms with E-state index in [0.717, 1.165) is 17.7 Å². The van der Waals surface area contributed by atoms with Gasteiger partial charge in [0.25, 0.3) is 0 Å². The highest BCUT2D eigenvalue weighted by molar-refractivity contribution is 7.15. The molecule has 0 unspecified atom stereocenters. The molecule has 0 bridgehead atoms. The Morgan fingerprint density at radius 2 is 2.06 bits per heavy atom. The van der Waals surface area contributed by atoms with Crippen molar-refractivity contribution in [3.05, 3.63) is 46.6 Å². The topological polar surface area (TPSA) is 12.0 Å². The molecule has 90 valence electrons. The second kappa shape index (κ2) is 5.43. The molecular formula is C14H16FNS. The van der Waals surface area contributed by atoms with E-state index in [4.69, 9.17) is 0 Å². The van der Waals surface area contributed by atoms with Crippen LogP contribution in [0.15, 0.2) is 30.3 Å². The monoisotopic (exact) mass is 249 g/mol. The van der Waals surface area contributed by atoms with E-state index in [1.807, 2.05) is 13.0 Å². The molecular weight excluding hydrogens is 233 g/mol. The van der Waals surface area contributed by atoms with E-state index in [1.165, 1.54) is 15.8 Å². The minimum absolute atomic E-state index is 0.171. The molecule has 0 atom stereocenters. The Labute approximate surface area is 105 Å². The van der Waals surface area contributed by atoms with E-state index < -0.39 is 0 Å². The average molecular weight is 249 g/mol. The lowest BCUT2D eigenvalue weighted by Crippen LogP contribution is -2.12. The molecule has 0 spiro atoms. The Balaban J connectivity index is 2.38. The van der Waals surface area contributed by atoms with E-state index in [1.54, 1.807) is 17.4 Å². The number of hydrogen-bond donors (Lipinski definition) is 1. The van der Waals surface area contributed by atoms with Crippen molar-refractivity contribution in [3.8, 4) is 10.4 Å². The maximum absolute atomic E-state index is 13.3. The molecule has 0 amide bonds. The van der Waals surface area contributed by atoms with Crippen molar-refractivity contribution >= 4 is 11.3 Å². The summed E-state index contributed by atoms with van der Waals surface area (Å²) in [6, 6.07) is 9.21.